The average molecular weight is 851 g/mol. The Morgan fingerprint density at radius 1 is 0.371 bits per heavy atom. The first-order chi connectivity index (χ1) is 30.6. The van der Waals surface area contributed by atoms with E-state index in [2.05, 4.69) is 167 Å². The first-order valence-corrected chi connectivity index (χ1v) is 24.0. The quantitative estimate of drug-likeness (QED) is 0.0348. The van der Waals surface area contributed by atoms with Crippen molar-refractivity contribution >= 4 is 11.9 Å². The van der Waals surface area contributed by atoms with E-state index in [1.165, 1.54) is 0 Å². The molecule has 1 unspecified atom stereocenters. The topological polar surface area (TPSA) is 61.8 Å². The lowest BCUT2D eigenvalue weighted by molar-refractivity contribution is -0.162. The maximum atomic E-state index is 12.8. The summed E-state index contributed by atoms with van der Waals surface area (Å²) in [6.45, 7) is 7.22. The van der Waals surface area contributed by atoms with Crippen molar-refractivity contribution in [2.45, 2.75) is 168 Å². The summed E-state index contributed by atoms with van der Waals surface area (Å²) < 4.78 is 17.2. The lowest BCUT2D eigenvalue weighted by atomic mass is 10.2. The van der Waals surface area contributed by atoms with E-state index in [0.29, 0.717) is 13.0 Å². The molecule has 0 aliphatic carbocycles. The summed E-state index contributed by atoms with van der Waals surface area (Å²) in [5, 5.41) is 0. The molecule has 0 amide bonds. The molecule has 0 saturated heterocycles. The zero-order chi connectivity index (χ0) is 44.9. The Bertz CT molecular complexity index is 1420. The zero-order valence-electron chi connectivity index (χ0n) is 39.3. The molecule has 344 valence electrons. The summed E-state index contributed by atoms with van der Waals surface area (Å²) >= 11 is 0. The molecule has 5 heteroatoms. The van der Waals surface area contributed by atoms with Gasteiger partial charge in [0.2, 0.25) is 0 Å². The highest BCUT2D eigenvalue weighted by Crippen LogP contribution is 2.08. The van der Waals surface area contributed by atoms with Crippen LogP contribution in [-0.4, -0.2) is 37.9 Å². The molecule has 0 radical (unpaired) electrons. The number of hydrogen-bond donors (Lipinski definition) is 0. The Hall–Kier alpha value is -4.48. The van der Waals surface area contributed by atoms with Crippen LogP contribution in [0.2, 0.25) is 0 Å². The molecule has 0 aromatic rings. The molecule has 0 saturated carbocycles. The Morgan fingerprint density at radius 3 is 1.13 bits per heavy atom. The third-order valence-electron chi connectivity index (χ3n) is 9.07. The van der Waals surface area contributed by atoms with Crippen LogP contribution in [0.1, 0.15) is 162 Å². The standard InChI is InChI=1S/C57H86O5/c1-4-7-10-13-16-19-22-25-28-31-34-37-40-43-46-49-52-60-53-55(62-57(59)51-48-45-42-39-36-33-30-27-24-21-18-15-12-9-6-3)54-61-56(58)50-47-44-41-38-35-32-29-26-23-20-17-14-11-8-5-2/h7-12,16-21,25-30,34-39,44,47,55H,4-6,13-15,22-24,31-33,40-43,45-46,48-54H2,1-3H3/b10-7-,11-8-,12-9-,19-16-,20-17-,21-18-,28-25-,29-26-,30-27-,37-34-,38-35-,39-36-,47-44-. The zero-order valence-corrected chi connectivity index (χ0v) is 39.3. The summed E-state index contributed by atoms with van der Waals surface area (Å²) in [6.07, 6.45) is 75.6. The van der Waals surface area contributed by atoms with Crippen LogP contribution < -0.4 is 0 Å². The van der Waals surface area contributed by atoms with Crippen molar-refractivity contribution in [1.82, 2.24) is 0 Å². The SMILES string of the molecule is CC/C=C\C/C=C\C/C=C\C/C=C\C/C=C\CC(=O)OCC(COCCCCC/C=C\C/C=C\C/C=C\C/C=C\CC)OC(=O)CCCC/C=C\C/C=C\C/C=C\C/C=C\CC. The summed E-state index contributed by atoms with van der Waals surface area (Å²) in [5.74, 6) is -0.628. The Balaban J connectivity index is 4.58. The van der Waals surface area contributed by atoms with E-state index in [1.54, 1.807) is 0 Å². The molecule has 0 rings (SSSR count). The van der Waals surface area contributed by atoms with Gasteiger partial charge in [0.1, 0.15) is 6.61 Å². The van der Waals surface area contributed by atoms with E-state index in [4.69, 9.17) is 14.2 Å². The first-order valence-electron chi connectivity index (χ1n) is 24.0. The minimum atomic E-state index is -0.626. The number of hydrogen-bond acceptors (Lipinski definition) is 5. The number of ether oxygens (including phenoxy) is 3. The van der Waals surface area contributed by atoms with E-state index >= 15 is 0 Å². The van der Waals surface area contributed by atoms with Gasteiger partial charge in [0.25, 0.3) is 0 Å². The number of carbonyl (C=O) groups is 2. The van der Waals surface area contributed by atoms with Gasteiger partial charge in [0.05, 0.1) is 13.0 Å². The highest BCUT2D eigenvalue weighted by Gasteiger charge is 2.17. The van der Waals surface area contributed by atoms with Crippen LogP contribution in [0.25, 0.3) is 0 Å². The van der Waals surface area contributed by atoms with Crippen molar-refractivity contribution < 1.29 is 23.8 Å². The van der Waals surface area contributed by atoms with Gasteiger partial charge in [-0.15, -0.1) is 0 Å². The average Bonchev–Trinajstić information content (AvgIpc) is 3.27. The molecule has 0 heterocycles. The minimum Gasteiger partial charge on any atom is -0.461 e. The summed E-state index contributed by atoms with van der Waals surface area (Å²) in [4.78, 5) is 25.3. The highest BCUT2D eigenvalue weighted by atomic mass is 16.6. The maximum absolute atomic E-state index is 12.8. The first kappa shape index (κ1) is 57.5. The Kier molecular flexibility index (Phi) is 47.2. The second-order valence-electron chi connectivity index (χ2n) is 14.9. The largest absolute Gasteiger partial charge is 0.461 e. The van der Waals surface area contributed by atoms with Crippen LogP contribution in [0, 0.1) is 0 Å². The normalized spacial score (nSPS) is 13.7. The molecule has 0 aromatic heterocycles. The fraction of sp³-hybridized carbons (Fsp3) is 0.509. The van der Waals surface area contributed by atoms with Crippen LogP contribution in [0.3, 0.4) is 0 Å². The Labute approximate surface area is 380 Å². The predicted molar refractivity (Wildman–Crippen MR) is 269 cm³/mol. The minimum absolute atomic E-state index is 0.0109. The van der Waals surface area contributed by atoms with Crippen LogP contribution in [-0.2, 0) is 23.8 Å². The smallest absolute Gasteiger partial charge is 0.309 e. The van der Waals surface area contributed by atoms with Gasteiger partial charge < -0.3 is 14.2 Å². The molecule has 5 nitrogen and oxygen atoms in total. The second-order valence-corrected chi connectivity index (χ2v) is 14.9. The summed E-state index contributed by atoms with van der Waals surface area (Å²) in [7, 11) is 0. The van der Waals surface area contributed by atoms with Gasteiger partial charge in [0, 0.05) is 13.0 Å². The fourth-order valence-corrected chi connectivity index (χ4v) is 5.62. The summed E-state index contributed by atoms with van der Waals surface area (Å²) in [5.41, 5.74) is 0. The van der Waals surface area contributed by atoms with Crippen LogP contribution >= 0.6 is 0 Å². The van der Waals surface area contributed by atoms with Crippen molar-refractivity contribution in [3.63, 3.8) is 0 Å². The number of rotatable bonds is 41. The van der Waals surface area contributed by atoms with Crippen molar-refractivity contribution in [1.29, 1.82) is 0 Å². The highest BCUT2D eigenvalue weighted by molar-refractivity contribution is 5.71. The van der Waals surface area contributed by atoms with Gasteiger partial charge in [0.15, 0.2) is 6.10 Å². The van der Waals surface area contributed by atoms with Crippen molar-refractivity contribution in [2.24, 2.45) is 0 Å². The van der Waals surface area contributed by atoms with Gasteiger partial charge in [-0.2, -0.15) is 0 Å². The third kappa shape index (κ3) is 48.2. The molecule has 0 aromatic carbocycles. The number of esters is 2. The van der Waals surface area contributed by atoms with Gasteiger partial charge in [-0.25, -0.2) is 0 Å². The second kappa shape index (κ2) is 50.9. The van der Waals surface area contributed by atoms with Gasteiger partial charge in [-0.1, -0.05) is 185 Å². The maximum Gasteiger partial charge on any atom is 0.309 e. The van der Waals surface area contributed by atoms with E-state index in [9.17, 15) is 9.59 Å². The molecule has 0 aliphatic heterocycles. The lowest BCUT2D eigenvalue weighted by Crippen LogP contribution is -2.30. The van der Waals surface area contributed by atoms with Crippen molar-refractivity contribution in [2.75, 3.05) is 19.8 Å². The number of allylic oxidation sites excluding steroid dienone is 25. The molecule has 0 N–H and O–H groups in total. The molecular formula is C57H86O5. The summed E-state index contributed by atoms with van der Waals surface area (Å²) in [6, 6.07) is 0. The molecule has 0 bridgehead atoms. The Morgan fingerprint density at radius 2 is 0.726 bits per heavy atom. The van der Waals surface area contributed by atoms with Crippen molar-refractivity contribution in [3.05, 3.63) is 158 Å². The van der Waals surface area contributed by atoms with Crippen LogP contribution in [0.15, 0.2) is 158 Å². The lowest BCUT2D eigenvalue weighted by Gasteiger charge is -2.18. The fourth-order valence-electron chi connectivity index (χ4n) is 5.62. The van der Waals surface area contributed by atoms with Gasteiger partial charge in [-0.3, -0.25) is 9.59 Å². The number of carbonyl (C=O) groups excluding carboxylic acids is 2. The molecule has 0 spiro atoms. The van der Waals surface area contributed by atoms with E-state index in [1.807, 2.05) is 12.2 Å². The van der Waals surface area contributed by atoms with E-state index < -0.39 is 6.10 Å². The molecular weight excluding hydrogens is 765 g/mol. The molecule has 0 fully saturated rings. The van der Waals surface area contributed by atoms with Crippen LogP contribution in [0.4, 0.5) is 0 Å². The molecule has 1 atom stereocenters. The third-order valence-corrected chi connectivity index (χ3v) is 9.07. The monoisotopic (exact) mass is 851 g/mol. The van der Waals surface area contributed by atoms with E-state index in [0.717, 1.165) is 128 Å². The van der Waals surface area contributed by atoms with Gasteiger partial charge >= 0.3 is 11.9 Å². The van der Waals surface area contributed by atoms with E-state index in [-0.39, 0.29) is 31.6 Å². The van der Waals surface area contributed by atoms with Crippen LogP contribution in [0.5, 0.6) is 0 Å². The van der Waals surface area contributed by atoms with Gasteiger partial charge in [-0.05, 0) is 122 Å². The molecule has 62 heavy (non-hydrogen) atoms. The predicted octanol–water partition coefficient (Wildman–Crippen LogP) is 16.3. The molecule has 0 aliphatic rings. The number of unbranched alkanes of at least 4 members (excludes halogenated alkanes) is 5. The van der Waals surface area contributed by atoms with Crippen molar-refractivity contribution in [3.8, 4) is 0 Å².